The summed E-state index contributed by atoms with van der Waals surface area (Å²) in [5.41, 5.74) is 1.29. The highest BCUT2D eigenvalue weighted by molar-refractivity contribution is 7.80. The van der Waals surface area contributed by atoms with Gasteiger partial charge < -0.3 is 15.4 Å². The number of rotatable bonds is 5. The number of nitrogens with one attached hydrogen (secondary N) is 2. The minimum Gasteiger partial charge on any atom is -0.496 e. The maximum Gasteiger partial charge on any atom is 0.296 e. The van der Waals surface area contributed by atoms with E-state index in [-0.39, 0.29) is 5.69 Å². The van der Waals surface area contributed by atoms with Gasteiger partial charge in [-0.15, -0.1) is 0 Å². The Bertz CT molecular complexity index is 677. The Kier molecular flexibility index (Phi) is 5.26. The predicted octanol–water partition coefficient (Wildman–Crippen LogP) is 3.09. The number of anilines is 1. The molecule has 0 aliphatic rings. The van der Waals surface area contributed by atoms with E-state index < -0.39 is 4.92 Å². The van der Waals surface area contributed by atoms with E-state index in [0.29, 0.717) is 23.1 Å². The third-order valence-electron chi connectivity index (χ3n) is 2.95. The average Bonchev–Trinajstić information content (AvgIpc) is 2.54. The summed E-state index contributed by atoms with van der Waals surface area (Å²) in [6.07, 6.45) is 0. The molecule has 0 unspecified atom stereocenters. The molecule has 0 amide bonds. The lowest BCUT2D eigenvalue weighted by Crippen LogP contribution is -2.28. The van der Waals surface area contributed by atoms with Gasteiger partial charge in [-0.25, -0.2) is 0 Å². The van der Waals surface area contributed by atoms with Crippen molar-refractivity contribution in [1.29, 1.82) is 0 Å². The molecule has 0 saturated carbocycles. The molecule has 0 aliphatic heterocycles. The Labute approximate surface area is 133 Å². The topological polar surface area (TPSA) is 76.4 Å². The van der Waals surface area contributed by atoms with Crippen molar-refractivity contribution in [3.05, 3.63) is 64.2 Å². The second-order valence-electron chi connectivity index (χ2n) is 4.43. The smallest absolute Gasteiger partial charge is 0.296 e. The maximum absolute atomic E-state index is 11.1. The number of benzene rings is 2. The largest absolute Gasteiger partial charge is 0.496 e. The van der Waals surface area contributed by atoms with E-state index in [1.807, 2.05) is 30.3 Å². The molecule has 0 fully saturated rings. The molecule has 6 nitrogen and oxygen atoms in total. The lowest BCUT2D eigenvalue weighted by Gasteiger charge is -2.11. The molecule has 2 aromatic rings. The van der Waals surface area contributed by atoms with Crippen molar-refractivity contribution in [1.82, 2.24) is 5.32 Å². The number of methoxy groups -OCH3 is 1. The van der Waals surface area contributed by atoms with Gasteiger partial charge in [-0.1, -0.05) is 30.3 Å². The van der Waals surface area contributed by atoms with E-state index in [1.165, 1.54) is 13.2 Å². The highest BCUT2D eigenvalue weighted by atomic mass is 32.1. The highest BCUT2D eigenvalue weighted by Crippen LogP contribution is 2.28. The first kappa shape index (κ1) is 15.7. The van der Waals surface area contributed by atoms with E-state index in [4.69, 9.17) is 17.0 Å². The van der Waals surface area contributed by atoms with Crippen molar-refractivity contribution in [2.24, 2.45) is 0 Å². The summed E-state index contributed by atoms with van der Waals surface area (Å²) < 4.78 is 4.99. The first-order valence-corrected chi connectivity index (χ1v) is 6.92. The summed E-state index contributed by atoms with van der Waals surface area (Å²) in [4.78, 5) is 10.6. The summed E-state index contributed by atoms with van der Waals surface area (Å²) in [7, 11) is 1.46. The number of hydrogen-bond donors (Lipinski definition) is 2. The quantitative estimate of drug-likeness (QED) is 0.501. The van der Waals surface area contributed by atoms with Gasteiger partial charge in [0.05, 0.1) is 18.1 Å². The summed E-state index contributed by atoms with van der Waals surface area (Å²) >= 11 is 5.17. The third-order valence-corrected chi connectivity index (χ3v) is 3.19. The number of nitrogens with zero attached hydrogens (tertiary/aromatic N) is 1. The number of nitro benzene ring substituents is 1. The molecule has 0 bridgehead atoms. The number of hydrogen-bond acceptors (Lipinski definition) is 4. The van der Waals surface area contributed by atoms with Crippen molar-refractivity contribution in [3.63, 3.8) is 0 Å². The van der Waals surface area contributed by atoms with Crippen molar-refractivity contribution in [3.8, 4) is 5.75 Å². The zero-order chi connectivity index (χ0) is 15.9. The van der Waals surface area contributed by atoms with Crippen molar-refractivity contribution in [2.45, 2.75) is 6.54 Å². The van der Waals surface area contributed by atoms with E-state index in [1.54, 1.807) is 12.1 Å². The molecule has 22 heavy (non-hydrogen) atoms. The van der Waals surface area contributed by atoms with Crippen LogP contribution in [0, 0.1) is 10.1 Å². The van der Waals surface area contributed by atoms with Crippen molar-refractivity contribution < 1.29 is 9.66 Å². The zero-order valence-electron chi connectivity index (χ0n) is 11.9. The minimum absolute atomic E-state index is 0.0942. The van der Waals surface area contributed by atoms with Gasteiger partial charge >= 0.3 is 0 Å². The second-order valence-corrected chi connectivity index (χ2v) is 4.84. The van der Waals surface area contributed by atoms with Crippen LogP contribution in [0.3, 0.4) is 0 Å². The van der Waals surface area contributed by atoms with Crippen LogP contribution in [-0.2, 0) is 6.54 Å². The normalized spacial score (nSPS) is 9.86. The molecule has 2 N–H and O–H groups in total. The van der Waals surface area contributed by atoms with Crippen LogP contribution < -0.4 is 15.4 Å². The Morgan fingerprint density at radius 2 is 2.00 bits per heavy atom. The van der Waals surface area contributed by atoms with E-state index >= 15 is 0 Å². The van der Waals surface area contributed by atoms with Gasteiger partial charge in [-0.2, -0.15) is 0 Å². The van der Waals surface area contributed by atoms with Crippen molar-refractivity contribution >= 4 is 28.7 Å². The molecule has 0 saturated heterocycles. The summed E-state index contributed by atoms with van der Waals surface area (Å²) in [5, 5.41) is 17.3. The summed E-state index contributed by atoms with van der Waals surface area (Å²) in [5.74, 6) is 0.417. The van der Waals surface area contributed by atoms with Gasteiger partial charge in [0.1, 0.15) is 11.4 Å². The Morgan fingerprint density at radius 1 is 1.27 bits per heavy atom. The fourth-order valence-corrected chi connectivity index (χ4v) is 2.02. The number of ether oxygens (including phenoxy) is 1. The van der Waals surface area contributed by atoms with E-state index in [9.17, 15) is 10.1 Å². The Balaban J connectivity index is 2.03. The first-order valence-electron chi connectivity index (χ1n) is 6.51. The van der Waals surface area contributed by atoms with E-state index in [0.717, 1.165) is 5.56 Å². The molecule has 0 aliphatic carbocycles. The lowest BCUT2D eigenvalue weighted by atomic mass is 10.2. The van der Waals surface area contributed by atoms with E-state index in [2.05, 4.69) is 10.6 Å². The van der Waals surface area contributed by atoms with Gasteiger partial charge in [0.2, 0.25) is 0 Å². The van der Waals surface area contributed by atoms with Gasteiger partial charge in [0.15, 0.2) is 5.11 Å². The Morgan fingerprint density at radius 3 is 2.64 bits per heavy atom. The van der Waals surface area contributed by atoms with Crippen molar-refractivity contribution in [2.75, 3.05) is 12.4 Å². The van der Waals surface area contributed by atoms with Crippen LogP contribution in [0.25, 0.3) is 0 Å². The van der Waals surface area contributed by atoms with Gasteiger partial charge in [-0.3, -0.25) is 10.1 Å². The van der Waals surface area contributed by atoms with Crippen LogP contribution in [0.15, 0.2) is 48.5 Å². The number of thiocarbonyl (C=S) groups is 1. The fraction of sp³-hybridized carbons (Fsp3) is 0.133. The van der Waals surface area contributed by atoms with Crippen LogP contribution >= 0.6 is 12.2 Å². The SMILES string of the molecule is COc1ccc(NC(=S)NCc2ccccc2)c([N+](=O)[O-])c1. The van der Waals surface area contributed by atoms with Crippen LogP contribution in [0.1, 0.15) is 5.56 Å². The van der Waals surface area contributed by atoms with Gasteiger partial charge in [0, 0.05) is 6.54 Å². The average molecular weight is 317 g/mol. The zero-order valence-corrected chi connectivity index (χ0v) is 12.7. The first-order chi connectivity index (χ1) is 10.6. The molecule has 2 aromatic carbocycles. The molecule has 114 valence electrons. The molecular weight excluding hydrogens is 302 g/mol. The molecule has 2 rings (SSSR count). The minimum atomic E-state index is -0.481. The van der Waals surface area contributed by atoms with Crippen LogP contribution in [0.2, 0.25) is 0 Å². The van der Waals surface area contributed by atoms with Gasteiger partial charge in [-0.05, 0) is 29.9 Å². The van der Waals surface area contributed by atoms with Crippen LogP contribution in [0.5, 0.6) is 5.75 Å². The molecule has 7 heteroatoms. The standard InChI is InChI=1S/C15H15N3O3S/c1-21-12-7-8-13(14(9-12)18(19)20)17-15(22)16-10-11-5-3-2-4-6-11/h2-9H,10H2,1H3,(H2,16,17,22). The Hall–Kier alpha value is -2.67. The van der Waals surface area contributed by atoms with Gasteiger partial charge in [0.25, 0.3) is 5.69 Å². The monoisotopic (exact) mass is 317 g/mol. The summed E-state index contributed by atoms with van der Waals surface area (Å²) in [6, 6.07) is 14.3. The molecule has 0 spiro atoms. The molecule has 0 atom stereocenters. The molecule has 0 heterocycles. The fourth-order valence-electron chi connectivity index (χ4n) is 1.84. The number of nitro groups is 1. The molecule has 0 radical (unpaired) electrons. The molecular formula is C15H15N3O3S. The summed E-state index contributed by atoms with van der Waals surface area (Å²) in [6.45, 7) is 0.538. The second kappa shape index (κ2) is 7.37. The lowest BCUT2D eigenvalue weighted by molar-refractivity contribution is -0.384. The molecule has 0 aromatic heterocycles. The van der Waals surface area contributed by atoms with Crippen LogP contribution in [0.4, 0.5) is 11.4 Å². The highest BCUT2D eigenvalue weighted by Gasteiger charge is 2.15. The predicted molar refractivity (Wildman–Crippen MR) is 89.2 cm³/mol. The van der Waals surface area contributed by atoms with Crippen LogP contribution in [-0.4, -0.2) is 17.1 Å². The maximum atomic E-state index is 11.1. The third kappa shape index (κ3) is 4.16.